The van der Waals surface area contributed by atoms with Crippen molar-refractivity contribution in [2.45, 2.75) is 30.3 Å². The molecule has 0 aromatic heterocycles. The second-order valence-electron chi connectivity index (χ2n) is 5.39. The van der Waals surface area contributed by atoms with Crippen molar-refractivity contribution in [2.75, 3.05) is 18.8 Å². The SMILES string of the molecule is CC1(O)CCCN(S(=O)(=O)c2cccc(N)c2[N+](=O)[O-])C1. The van der Waals surface area contributed by atoms with E-state index in [9.17, 15) is 23.6 Å². The Kier molecular flexibility index (Phi) is 3.91. The van der Waals surface area contributed by atoms with Gasteiger partial charge in [-0.25, -0.2) is 8.42 Å². The van der Waals surface area contributed by atoms with Gasteiger partial charge in [0.05, 0.1) is 10.5 Å². The van der Waals surface area contributed by atoms with Crippen LogP contribution in [0, 0.1) is 10.1 Å². The van der Waals surface area contributed by atoms with Crippen LogP contribution in [0.2, 0.25) is 0 Å². The van der Waals surface area contributed by atoms with Crippen molar-refractivity contribution in [2.24, 2.45) is 0 Å². The summed E-state index contributed by atoms with van der Waals surface area (Å²) in [6, 6.07) is 3.80. The fourth-order valence-electron chi connectivity index (χ4n) is 2.46. The van der Waals surface area contributed by atoms with Crippen molar-refractivity contribution in [3.8, 4) is 0 Å². The number of hydrogen-bond acceptors (Lipinski definition) is 6. The van der Waals surface area contributed by atoms with Crippen molar-refractivity contribution < 1.29 is 18.4 Å². The summed E-state index contributed by atoms with van der Waals surface area (Å²) >= 11 is 0. The molecule has 1 aromatic carbocycles. The molecule has 1 aliphatic rings. The molecule has 0 saturated carbocycles. The predicted octanol–water partition coefficient (Wildman–Crippen LogP) is 0.713. The van der Waals surface area contributed by atoms with Crippen LogP contribution < -0.4 is 5.73 Å². The van der Waals surface area contributed by atoms with E-state index in [1.807, 2.05) is 0 Å². The van der Waals surface area contributed by atoms with Gasteiger partial charge in [0.15, 0.2) is 4.90 Å². The standard InChI is InChI=1S/C12H17N3O5S/c1-12(16)6-3-7-14(8-12)21(19,20)10-5-2-4-9(13)11(10)15(17)18/h2,4-5,16H,3,6-8,13H2,1H3. The monoisotopic (exact) mass is 315 g/mol. The third-order valence-electron chi connectivity index (χ3n) is 3.47. The highest BCUT2D eigenvalue weighted by molar-refractivity contribution is 7.89. The molecule has 21 heavy (non-hydrogen) atoms. The highest BCUT2D eigenvalue weighted by atomic mass is 32.2. The average Bonchev–Trinajstić information content (AvgIpc) is 2.36. The van der Waals surface area contributed by atoms with Crippen LogP contribution in [-0.4, -0.2) is 41.4 Å². The molecule has 0 bridgehead atoms. The van der Waals surface area contributed by atoms with Crippen LogP contribution in [0.3, 0.4) is 0 Å². The van der Waals surface area contributed by atoms with Crippen LogP contribution in [0.1, 0.15) is 19.8 Å². The Morgan fingerprint density at radius 3 is 2.71 bits per heavy atom. The van der Waals surface area contributed by atoms with Gasteiger partial charge in [0.2, 0.25) is 10.0 Å². The molecule has 1 aromatic rings. The molecule has 1 aliphatic heterocycles. The Morgan fingerprint density at radius 2 is 2.14 bits per heavy atom. The number of anilines is 1. The lowest BCUT2D eigenvalue weighted by atomic mass is 9.97. The van der Waals surface area contributed by atoms with Crippen molar-refractivity contribution in [3.05, 3.63) is 28.3 Å². The Morgan fingerprint density at radius 1 is 1.48 bits per heavy atom. The fraction of sp³-hybridized carbons (Fsp3) is 0.500. The molecule has 1 atom stereocenters. The summed E-state index contributed by atoms with van der Waals surface area (Å²) in [6.45, 7) is 1.66. The lowest BCUT2D eigenvalue weighted by molar-refractivity contribution is -0.386. The molecule has 0 spiro atoms. The first-order valence-corrected chi connectivity index (χ1v) is 7.84. The second-order valence-corrected chi connectivity index (χ2v) is 7.30. The summed E-state index contributed by atoms with van der Waals surface area (Å²) in [5, 5.41) is 21.1. The number of para-hydroxylation sites is 1. The number of benzene rings is 1. The summed E-state index contributed by atoms with van der Waals surface area (Å²) in [6.07, 6.45) is 0.973. The molecule has 9 heteroatoms. The highest BCUT2D eigenvalue weighted by Gasteiger charge is 2.39. The van der Waals surface area contributed by atoms with E-state index in [0.29, 0.717) is 12.8 Å². The minimum atomic E-state index is -4.08. The summed E-state index contributed by atoms with van der Waals surface area (Å²) < 4.78 is 26.3. The summed E-state index contributed by atoms with van der Waals surface area (Å²) in [7, 11) is -4.08. The van der Waals surface area contributed by atoms with Gasteiger partial charge in [0.1, 0.15) is 5.69 Å². The third kappa shape index (κ3) is 2.99. The minimum Gasteiger partial charge on any atom is -0.393 e. The zero-order valence-corrected chi connectivity index (χ0v) is 12.3. The molecule has 2 rings (SSSR count). The van der Waals surface area contributed by atoms with Gasteiger partial charge in [0, 0.05) is 13.1 Å². The zero-order chi connectivity index (χ0) is 15.8. The van der Waals surface area contributed by atoms with Crippen LogP contribution in [0.4, 0.5) is 11.4 Å². The van der Waals surface area contributed by atoms with Gasteiger partial charge < -0.3 is 10.8 Å². The highest BCUT2D eigenvalue weighted by Crippen LogP contribution is 2.34. The minimum absolute atomic E-state index is 0.0959. The smallest absolute Gasteiger partial charge is 0.312 e. The number of nitro benzene ring substituents is 1. The first-order chi connectivity index (χ1) is 9.65. The number of rotatable bonds is 3. The van der Waals surface area contributed by atoms with Crippen molar-refractivity contribution >= 4 is 21.4 Å². The Labute approximate surface area is 122 Å². The number of nitrogen functional groups attached to an aromatic ring is 1. The molecule has 1 saturated heterocycles. The largest absolute Gasteiger partial charge is 0.393 e. The third-order valence-corrected chi connectivity index (χ3v) is 5.35. The number of nitrogens with zero attached hydrogens (tertiary/aromatic N) is 2. The van der Waals surface area contributed by atoms with Gasteiger partial charge in [-0.05, 0) is 31.9 Å². The molecule has 116 valence electrons. The number of hydrogen-bond donors (Lipinski definition) is 2. The predicted molar refractivity (Wildman–Crippen MR) is 76.1 cm³/mol. The molecule has 0 aliphatic carbocycles. The zero-order valence-electron chi connectivity index (χ0n) is 11.5. The average molecular weight is 315 g/mol. The van der Waals surface area contributed by atoms with Crippen LogP contribution >= 0.6 is 0 Å². The van der Waals surface area contributed by atoms with Gasteiger partial charge in [-0.15, -0.1) is 0 Å². The number of nitro groups is 1. The van der Waals surface area contributed by atoms with E-state index >= 15 is 0 Å². The van der Waals surface area contributed by atoms with Gasteiger partial charge in [0.25, 0.3) is 0 Å². The second kappa shape index (κ2) is 5.24. The van der Waals surface area contributed by atoms with Crippen molar-refractivity contribution in [1.29, 1.82) is 0 Å². The maximum Gasteiger partial charge on any atom is 0.312 e. The van der Waals surface area contributed by atoms with Crippen LogP contribution in [0.15, 0.2) is 23.1 Å². The Bertz CT molecular complexity index is 671. The number of piperidine rings is 1. The van der Waals surface area contributed by atoms with Gasteiger partial charge in [-0.3, -0.25) is 10.1 Å². The Hall–Kier alpha value is -1.71. The lowest BCUT2D eigenvalue weighted by Crippen LogP contribution is -2.48. The molecule has 0 radical (unpaired) electrons. The van der Waals surface area contributed by atoms with E-state index in [2.05, 4.69) is 0 Å². The fourth-order valence-corrected chi connectivity index (χ4v) is 4.24. The van der Waals surface area contributed by atoms with Crippen LogP contribution in [-0.2, 0) is 10.0 Å². The topological polar surface area (TPSA) is 127 Å². The molecule has 1 fully saturated rings. The van der Waals surface area contributed by atoms with Crippen LogP contribution in [0.5, 0.6) is 0 Å². The normalized spacial score (nSPS) is 23.9. The molecule has 1 heterocycles. The maximum atomic E-state index is 12.6. The summed E-state index contributed by atoms with van der Waals surface area (Å²) in [5.41, 5.74) is 3.56. The van der Waals surface area contributed by atoms with E-state index in [-0.39, 0.29) is 18.8 Å². The van der Waals surface area contributed by atoms with Gasteiger partial charge in [-0.1, -0.05) is 6.07 Å². The number of β-amino-alcohol motifs (C(OH)–C–C–N with tert-alkyl or cyclic N) is 1. The number of nitrogens with two attached hydrogens (primary N) is 1. The van der Waals surface area contributed by atoms with E-state index < -0.39 is 31.1 Å². The molecule has 0 amide bonds. The molecular weight excluding hydrogens is 298 g/mol. The number of aliphatic hydroxyl groups is 1. The van der Waals surface area contributed by atoms with E-state index in [4.69, 9.17) is 5.73 Å². The van der Waals surface area contributed by atoms with Crippen molar-refractivity contribution in [3.63, 3.8) is 0 Å². The summed E-state index contributed by atoms with van der Waals surface area (Å²) in [5.74, 6) is 0. The van der Waals surface area contributed by atoms with E-state index in [1.165, 1.54) is 12.1 Å². The first-order valence-electron chi connectivity index (χ1n) is 6.40. The quantitative estimate of drug-likeness (QED) is 0.480. The van der Waals surface area contributed by atoms with E-state index in [1.54, 1.807) is 6.92 Å². The number of sulfonamides is 1. The lowest BCUT2D eigenvalue weighted by Gasteiger charge is -2.35. The van der Waals surface area contributed by atoms with Crippen LogP contribution in [0.25, 0.3) is 0 Å². The Balaban J connectivity index is 2.50. The molecule has 3 N–H and O–H groups in total. The summed E-state index contributed by atoms with van der Waals surface area (Å²) in [4.78, 5) is 9.85. The first kappa shape index (κ1) is 15.7. The molecule has 8 nitrogen and oxygen atoms in total. The van der Waals surface area contributed by atoms with E-state index in [0.717, 1.165) is 10.4 Å². The van der Waals surface area contributed by atoms with Gasteiger partial charge in [-0.2, -0.15) is 4.31 Å². The van der Waals surface area contributed by atoms with Crippen molar-refractivity contribution in [1.82, 2.24) is 4.31 Å². The van der Waals surface area contributed by atoms with Gasteiger partial charge >= 0.3 is 5.69 Å². The maximum absolute atomic E-state index is 12.6. The molecular formula is C12H17N3O5S. The molecule has 1 unspecified atom stereocenters.